The number of benzene rings is 1. The van der Waals surface area contributed by atoms with E-state index in [1.165, 1.54) is 0 Å². The van der Waals surface area contributed by atoms with Crippen LogP contribution in [0.1, 0.15) is 19.4 Å². The van der Waals surface area contributed by atoms with E-state index >= 15 is 0 Å². The average molecular weight is 321 g/mol. The molecule has 8 heteroatoms. The number of amides is 4. The molecule has 23 heavy (non-hydrogen) atoms. The Morgan fingerprint density at radius 3 is 2.22 bits per heavy atom. The van der Waals surface area contributed by atoms with E-state index in [2.05, 4.69) is 16.0 Å². The molecule has 0 aliphatic heterocycles. The number of nitrogens with one attached hydrogen (secondary N) is 3. The van der Waals surface area contributed by atoms with E-state index in [-0.39, 0.29) is 24.3 Å². The van der Waals surface area contributed by atoms with Gasteiger partial charge in [-0.1, -0.05) is 26.0 Å². The Labute approximate surface area is 135 Å². The van der Waals surface area contributed by atoms with Gasteiger partial charge in [-0.05, 0) is 23.6 Å². The van der Waals surface area contributed by atoms with Gasteiger partial charge in [0.25, 0.3) is 0 Å². The lowest BCUT2D eigenvalue weighted by Crippen LogP contribution is -2.47. The van der Waals surface area contributed by atoms with Crippen LogP contribution < -0.4 is 27.4 Å². The minimum absolute atomic E-state index is 0.00517. The van der Waals surface area contributed by atoms with E-state index in [9.17, 15) is 14.4 Å². The van der Waals surface area contributed by atoms with Crippen molar-refractivity contribution in [2.24, 2.45) is 17.4 Å². The molecule has 0 heterocycles. The molecule has 1 aromatic carbocycles. The van der Waals surface area contributed by atoms with E-state index in [1.807, 2.05) is 13.8 Å². The van der Waals surface area contributed by atoms with E-state index in [0.29, 0.717) is 12.2 Å². The number of urea groups is 1. The molecule has 126 valence electrons. The molecule has 0 aliphatic carbocycles. The molecule has 1 atom stereocenters. The average Bonchev–Trinajstić information content (AvgIpc) is 2.50. The molecule has 1 rings (SSSR count). The maximum absolute atomic E-state index is 11.7. The lowest BCUT2D eigenvalue weighted by molar-refractivity contribution is -0.127. The number of carbonyl (C=O) groups is 3. The second-order valence-electron chi connectivity index (χ2n) is 5.45. The van der Waals surface area contributed by atoms with Crippen molar-refractivity contribution >= 4 is 23.5 Å². The van der Waals surface area contributed by atoms with E-state index < -0.39 is 12.1 Å². The summed E-state index contributed by atoms with van der Waals surface area (Å²) in [7, 11) is 0. The van der Waals surface area contributed by atoms with Crippen LogP contribution in [0.2, 0.25) is 0 Å². The minimum atomic E-state index is -0.638. The van der Waals surface area contributed by atoms with Crippen molar-refractivity contribution in [3.63, 3.8) is 0 Å². The SMILES string of the molecule is CC(C)[C@H](N)C(=O)NCC(=O)NCc1ccc(NC(N)=O)cc1. The summed E-state index contributed by atoms with van der Waals surface area (Å²) in [6.45, 7) is 3.85. The Balaban J connectivity index is 2.36. The first-order valence-electron chi connectivity index (χ1n) is 7.25. The maximum atomic E-state index is 11.7. The Kier molecular flexibility index (Phi) is 7.01. The molecule has 7 N–H and O–H groups in total. The number of rotatable bonds is 7. The van der Waals surface area contributed by atoms with Gasteiger partial charge < -0.3 is 27.4 Å². The van der Waals surface area contributed by atoms with Crippen LogP contribution in [0, 0.1) is 5.92 Å². The quantitative estimate of drug-likeness (QED) is 0.478. The molecule has 4 amide bonds. The summed E-state index contributed by atoms with van der Waals surface area (Å²) in [5, 5.41) is 7.61. The molecule has 0 unspecified atom stereocenters. The number of nitrogens with two attached hydrogens (primary N) is 2. The predicted octanol–water partition coefficient (Wildman–Crippen LogP) is -0.107. The highest BCUT2D eigenvalue weighted by Gasteiger charge is 2.17. The highest BCUT2D eigenvalue weighted by molar-refractivity contribution is 5.88. The van der Waals surface area contributed by atoms with Crippen molar-refractivity contribution in [3.05, 3.63) is 29.8 Å². The largest absolute Gasteiger partial charge is 0.351 e. The van der Waals surface area contributed by atoms with Crippen molar-refractivity contribution in [1.82, 2.24) is 10.6 Å². The van der Waals surface area contributed by atoms with Gasteiger partial charge in [-0.2, -0.15) is 0 Å². The number of carbonyl (C=O) groups excluding carboxylic acids is 3. The van der Waals surface area contributed by atoms with Crippen molar-refractivity contribution < 1.29 is 14.4 Å². The van der Waals surface area contributed by atoms with Crippen molar-refractivity contribution in [2.45, 2.75) is 26.4 Å². The van der Waals surface area contributed by atoms with Gasteiger partial charge >= 0.3 is 6.03 Å². The molecular formula is C15H23N5O3. The summed E-state index contributed by atoms with van der Waals surface area (Å²) < 4.78 is 0. The summed E-state index contributed by atoms with van der Waals surface area (Å²) in [5.41, 5.74) is 12.1. The zero-order valence-corrected chi connectivity index (χ0v) is 13.3. The van der Waals surface area contributed by atoms with Crippen LogP contribution in [0.25, 0.3) is 0 Å². The zero-order valence-electron chi connectivity index (χ0n) is 13.3. The predicted molar refractivity (Wildman–Crippen MR) is 87.3 cm³/mol. The van der Waals surface area contributed by atoms with Crippen LogP contribution in [0.5, 0.6) is 0 Å². The highest BCUT2D eigenvalue weighted by atomic mass is 16.2. The maximum Gasteiger partial charge on any atom is 0.316 e. The lowest BCUT2D eigenvalue weighted by atomic mass is 10.1. The first kappa shape index (κ1) is 18.4. The molecule has 0 fully saturated rings. The van der Waals surface area contributed by atoms with Gasteiger partial charge in [-0.25, -0.2) is 4.79 Å². The van der Waals surface area contributed by atoms with Gasteiger partial charge in [-0.15, -0.1) is 0 Å². The molecule has 0 spiro atoms. The van der Waals surface area contributed by atoms with Gasteiger partial charge in [0.1, 0.15) is 0 Å². The van der Waals surface area contributed by atoms with Gasteiger partial charge in [0.05, 0.1) is 12.6 Å². The van der Waals surface area contributed by atoms with Crippen LogP contribution in [0.15, 0.2) is 24.3 Å². The zero-order chi connectivity index (χ0) is 17.4. The fraction of sp³-hybridized carbons (Fsp3) is 0.400. The van der Waals surface area contributed by atoms with Gasteiger partial charge in [0.15, 0.2) is 0 Å². The first-order chi connectivity index (χ1) is 10.8. The monoisotopic (exact) mass is 321 g/mol. The molecule has 0 saturated carbocycles. The standard InChI is InChI=1S/C15H23N5O3/c1-9(2)13(16)14(22)19-8-12(21)18-7-10-3-5-11(6-4-10)20-15(17)23/h3-6,9,13H,7-8,16H2,1-2H3,(H,18,21)(H,19,22)(H3,17,20,23)/t13-/m0/s1. The van der Waals surface area contributed by atoms with E-state index in [4.69, 9.17) is 11.5 Å². The summed E-state index contributed by atoms with van der Waals surface area (Å²) in [4.78, 5) is 34.0. The Bertz CT molecular complexity index is 557. The third-order valence-corrected chi connectivity index (χ3v) is 3.16. The Morgan fingerprint density at radius 2 is 1.70 bits per heavy atom. The summed E-state index contributed by atoms with van der Waals surface area (Å²) in [5.74, 6) is -0.656. The minimum Gasteiger partial charge on any atom is -0.351 e. The summed E-state index contributed by atoms with van der Waals surface area (Å²) in [6, 6.07) is 5.58. The molecule has 0 saturated heterocycles. The van der Waals surface area contributed by atoms with Crippen LogP contribution in [-0.2, 0) is 16.1 Å². The fourth-order valence-corrected chi connectivity index (χ4v) is 1.70. The van der Waals surface area contributed by atoms with Crippen molar-refractivity contribution in [2.75, 3.05) is 11.9 Å². The molecule has 0 aliphatic rings. The van der Waals surface area contributed by atoms with Crippen LogP contribution >= 0.6 is 0 Å². The topological polar surface area (TPSA) is 139 Å². The number of primary amides is 1. The number of hydrogen-bond donors (Lipinski definition) is 5. The fourth-order valence-electron chi connectivity index (χ4n) is 1.70. The molecule has 0 aromatic heterocycles. The third-order valence-electron chi connectivity index (χ3n) is 3.16. The van der Waals surface area contributed by atoms with Crippen LogP contribution in [0.4, 0.5) is 10.5 Å². The second kappa shape index (κ2) is 8.74. The third kappa shape index (κ3) is 6.79. The molecular weight excluding hydrogens is 298 g/mol. The first-order valence-corrected chi connectivity index (χ1v) is 7.25. The summed E-state index contributed by atoms with van der Waals surface area (Å²) in [6.07, 6.45) is 0. The summed E-state index contributed by atoms with van der Waals surface area (Å²) >= 11 is 0. The Morgan fingerprint density at radius 1 is 1.09 bits per heavy atom. The number of anilines is 1. The van der Waals surface area contributed by atoms with Gasteiger partial charge in [-0.3, -0.25) is 9.59 Å². The van der Waals surface area contributed by atoms with Crippen molar-refractivity contribution in [3.8, 4) is 0 Å². The van der Waals surface area contributed by atoms with Crippen molar-refractivity contribution in [1.29, 1.82) is 0 Å². The smallest absolute Gasteiger partial charge is 0.316 e. The number of hydrogen-bond acceptors (Lipinski definition) is 4. The lowest BCUT2D eigenvalue weighted by Gasteiger charge is -2.15. The van der Waals surface area contributed by atoms with Crippen LogP contribution in [0.3, 0.4) is 0 Å². The Hall–Kier alpha value is -2.61. The highest BCUT2D eigenvalue weighted by Crippen LogP contribution is 2.08. The van der Waals surface area contributed by atoms with Gasteiger partial charge in [0.2, 0.25) is 11.8 Å². The molecule has 0 radical (unpaired) electrons. The molecule has 1 aromatic rings. The van der Waals surface area contributed by atoms with Crippen LogP contribution in [-0.4, -0.2) is 30.4 Å². The molecule has 8 nitrogen and oxygen atoms in total. The van der Waals surface area contributed by atoms with E-state index in [1.54, 1.807) is 24.3 Å². The molecule has 0 bridgehead atoms. The normalized spacial score (nSPS) is 11.7. The second-order valence-corrected chi connectivity index (χ2v) is 5.45. The van der Waals surface area contributed by atoms with Gasteiger partial charge in [0, 0.05) is 12.2 Å². The van der Waals surface area contributed by atoms with E-state index in [0.717, 1.165) is 5.56 Å².